The molecule has 1 aromatic carbocycles. The van der Waals surface area contributed by atoms with Crippen molar-refractivity contribution in [2.45, 2.75) is 26.3 Å². The van der Waals surface area contributed by atoms with Crippen LogP contribution in [0.5, 0.6) is 0 Å². The van der Waals surface area contributed by atoms with Gasteiger partial charge in [0.1, 0.15) is 17.3 Å². The van der Waals surface area contributed by atoms with Gasteiger partial charge in [0, 0.05) is 5.54 Å². The van der Waals surface area contributed by atoms with Crippen LogP contribution in [0.15, 0.2) is 12.1 Å². The van der Waals surface area contributed by atoms with Gasteiger partial charge in [-0.1, -0.05) is 0 Å². The van der Waals surface area contributed by atoms with Gasteiger partial charge in [-0.2, -0.15) is 0 Å². The van der Waals surface area contributed by atoms with Gasteiger partial charge in [0.2, 0.25) is 5.91 Å². The number of carbonyl (C=O) groups excluding carboxylic acids is 1. The molecule has 1 aromatic rings. The third-order valence-electron chi connectivity index (χ3n) is 2.23. The number of carboxylic acids is 1. The summed E-state index contributed by atoms with van der Waals surface area (Å²) in [6.45, 7) is 4.99. The van der Waals surface area contributed by atoms with Gasteiger partial charge in [0.15, 0.2) is 0 Å². The fourth-order valence-corrected chi connectivity index (χ4v) is 1.50. The van der Waals surface area contributed by atoms with E-state index in [0.29, 0.717) is 12.1 Å². The lowest BCUT2D eigenvalue weighted by molar-refractivity contribution is -0.120. The molecule has 110 valence electrons. The Balaban J connectivity index is 2.79. The fourth-order valence-electron chi connectivity index (χ4n) is 1.50. The number of nitrogens with one attached hydrogen (secondary N) is 2. The van der Waals surface area contributed by atoms with Crippen LogP contribution in [0.2, 0.25) is 0 Å². The lowest BCUT2D eigenvalue weighted by Gasteiger charge is -2.20. The molecule has 0 aliphatic heterocycles. The maximum Gasteiger partial charge on any atom is 0.335 e. The summed E-state index contributed by atoms with van der Waals surface area (Å²) in [7, 11) is 0. The molecule has 0 aromatic heterocycles. The van der Waals surface area contributed by atoms with Crippen LogP contribution in [0.25, 0.3) is 0 Å². The van der Waals surface area contributed by atoms with Crippen LogP contribution in [0.1, 0.15) is 31.1 Å². The largest absolute Gasteiger partial charge is 0.478 e. The van der Waals surface area contributed by atoms with Crippen LogP contribution in [0, 0.1) is 11.6 Å². The summed E-state index contributed by atoms with van der Waals surface area (Å²) in [5, 5.41) is 13.6. The number of halogens is 2. The van der Waals surface area contributed by atoms with Crippen molar-refractivity contribution in [2.75, 3.05) is 11.9 Å². The Bertz CT molecular complexity index is 516. The standard InChI is InChI=1S/C13H16F2N2O3/c1-13(2,3)17-10(18)6-16-11-8(14)4-7(12(19)20)5-9(11)15/h4-5,16H,6H2,1-3H3,(H,17,18)(H,19,20). The summed E-state index contributed by atoms with van der Waals surface area (Å²) in [5.74, 6) is -3.99. The molecule has 0 unspecified atom stereocenters. The van der Waals surface area contributed by atoms with Gasteiger partial charge in [0.05, 0.1) is 12.1 Å². The molecule has 0 bridgehead atoms. The molecule has 1 amide bonds. The number of hydrogen-bond donors (Lipinski definition) is 3. The van der Waals surface area contributed by atoms with E-state index in [4.69, 9.17) is 5.11 Å². The number of carbonyl (C=O) groups is 2. The molecular weight excluding hydrogens is 270 g/mol. The van der Waals surface area contributed by atoms with Crippen LogP contribution < -0.4 is 10.6 Å². The second kappa shape index (κ2) is 5.85. The molecule has 0 heterocycles. The van der Waals surface area contributed by atoms with Crippen LogP contribution >= 0.6 is 0 Å². The Labute approximate surface area is 115 Å². The molecule has 20 heavy (non-hydrogen) atoms. The minimum absolute atomic E-state index is 0.322. The average Bonchev–Trinajstić information content (AvgIpc) is 2.24. The molecule has 0 fully saturated rings. The van der Waals surface area contributed by atoms with E-state index in [1.807, 2.05) is 0 Å². The topological polar surface area (TPSA) is 78.4 Å². The Hall–Kier alpha value is -2.18. The number of anilines is 1. The number of hydrogen-bond acceptors (Lipinski definition) is 3. The van der Waals surface area contributed by atoms with Crippen molar-refractivity contribution in [1.29, 1.82) is 0 Å². The zero-order chi connectivity index (χ0) is 15.5. The van der Waals surface area contributed by atoms with Crippen molar-refractivity contribution in [3.8, 4) is 0 Å². The maximum atomic E-state index is 13.6. The van der Waals surface area contributed by atoms with Gasteiger partial charge < -0.3 is 15.7 Å². The quantitative estimate of drug-likeness (QED) is 0.791. The van der Waals surface area contributed by atoms with Gasteiger partial charge in [-0.25, -0.2) is 13.6 Å². The monoisotopic (exact) mass is 286 g/mol. The highest BCUT2D eigenvalue weighted by molar-refractivity contribution is 5.88. The molecule has 0 saturated heterocycles. The average molecular weight is 286 g/mol. The highest BCUT2D eigenvalue weighted by atomic mass is 19.1. The third-order valence-corrected chi connectivity index (χ3v) is 2.23. The fraction of sp³-hybridized carbons (Fsp3) is 0.385. The number of amides is 1. The van der Waals surface area contributed by atoms with Gasteiger partial charge in [0.25, 0.3) is 0 Å². The summed E-state index contributed by atoms with van der Waals surface area (Å²) in [4.78, 5) is 22.1. The minimum atomic E-state index is -1.43. The molecule has 0 atom stereocenters. The van der Waals surface area contributed by atoms with Crippen molar-refractivity contribution < 1.29 is 23.5 Å². The van der Waals surface area contributed by atoms with E-state index >= 15 is 0 Å². The lowest BCUT2D eigenvalue weighted by Crippen LogP contribution is -2.43. The van der Waals surface area contributed by atoms with E-state index in [1.54, 1.807) is 20.8 Å². The smallest absolute Gasteiger partial charge is 0.335 e. The first kappa shape index (κ1) is 15.9. The zero-order valence-corrected chi connectivity index (χ0v) is 11.4. The predicted molar refractivity (Wildman–Crippen MR) is 69.7 cm³/mol. The third kappa shape index (κ3) is 4.49. The number of aromatic carboxylic acids is 1. The molecular formula is C13H16F2N2O3. The Morgan fingerprint density at radius 1 is 1.20 bits per heavy atom. The van der Waals surface area contributed by atoms with E-state index < -0.39 is 40.3 Å². The first-order valence-corrected chi connectivity index (χ1v) is 5.87. The molecule has 0 aliphatic carbocycles. The summed E-state index contributed by atoms with van der Waals surface area (Å²) >= 11 is 0. The van der Waals surface area contributed by atoms with Crippen molar-refractivity contribution in [3.05, 3.63) is 29.3 Å². The van der Waals surface area contributed by atoms with E-state index in [-0.39, 0.29) is 6.54 Å². The molecule has 1 rings (SSSR count). The Morgan fingerprint density at radius 2 is 1.70 bits per heavy atom. The van der Waals surface area contributed by atoms with Crippen molar-refractivity contribution >= 4 is 17.6 Å². The normalized spacial score (nSPS) is 11.1. The summed E-state index contributed by atoms with van der Waals surface area (Å²) in [6, 6.07) is 1.38. The van der Waals surface area contributed by atoms with E-state index in [1.165, 1.54) is 0 Å². The van der Waals surface area contributed by atoms with Crippen LogP contribution in [-0.4, -0.2) is 29.1 Å². The first-order chi connectivity index (χ1) is 9.10. The van der Waals surface area contributed by atoms with Gasteiger partial charge >= 0.3 is 5.97 Å². The van der Waals surface area contributed by atoms with Crippen LogP contribution in [0.3, 0.4) is 0 Å². The van der Waals surface area contributed by atoms with Crippen molar-refractivity contribution in [3.63, 3.8) is 0 Å². The summed E-state index contributed by atoms with van der Waals surface area (Å²) in [6.07, 6.45) is 0. The summed E-state index contributed by atoms with van der Waals surface area (Å²) in [5.41, 5.74) is -1.48. The number of rotatable bonds is 4. The first-order valence-electron chi connectivity index (χ1n) is 5.87. The van der Waals surface area contributed by atoms with E-state index in [2.05, 4.69) is 10.6 Å². The Kier molecular flexibility index (Phi) is 4.65. The molecule has 0 aliphatic rings. The van der Waals surface area contributed by atoms with Gasteiger partial charge in [-0.3, -0.25) is 4.79 Å². The van der Waals surface area contributed by atoms with Crippen molar-refractivity contribution in [1.82, 2.24) is 5.32 Å². The SMILES string of the molecule is CC(C)(C)NC(=O)CNc1c(F)cc(C(=O)O)cc1F. The molecule has 3 N–H and O–H groups in total. The Morgan fingerprint density at radius 3 is 2.10 bits per heavy atom. The van der Waals surface area contributed by atoms with Crippen LogP contribution in [-0.2, 0) is 4.79 Å². The van der Waals surface area contributed by atoms with Gasteiger partial charge in [-0.05, 0) is 32.9 Å². The lowest BCUT2D eigenvalue weighted by atomic mass is 10.1. The van der Waals surface area contributed by atoms with Crippen molar-refractivity contribution in [2.24, 2.45) is 0 Å². The van der Waals surface area contributed by atoms with Crippen LogP contribution in [0.4, 0.5) is 14.5 Å². The minimum Gasteiger partial charge on any atom is -0.478 e. The molecule has 5 nitrogen and oxygen atoms in total. The number of carboxylic acid groups (broad SMARTS) is 1. The highest BCUT2D eigenvalue weighted by Crippen LogP contribution is 2.20. The van der Waals surface area contributed by atoms with Gasteiger partial charge in [-0.15, -0.1) is 0 Å². The van der Waals surface area contributed by atoms with E-state index in [0.717, 1.165) is 0 Å². The molecule has 0 saturated carbocycles. The molecule has 7 heteroatoms. The predicted octanol–water partition coefficient (Wildman–Crippen LogP) is 1.99. The highest BCUT2D eigenvalue weighted by Gasteiger charge is 2.17. The maximum absolute atomic E-state index is 13.6. The zero-order valence-electron chi connectivity index (χ0n) is 11.4. The second-order valence-electron chi connectivity index (χ2n) is 5.27. The summed E-state index contributed by atoms with van der Waals surface area (Å²) < 4.78 is 27.1. The number of benzene rings is 1. The molecule has 0 spiro atoms. The second-order valence-corrected chi connectivity index (χ2v) is 5.27. The van der Waals surface area contributed by atoms with E-state index in [9.17, 15) is 18.4 Å². The molecule has 0 radical (unpaired) electrons.